The Kier molecular flexibility index (Phi) is 21.2. The summed E-state index contributed by atoms with van der Waals surface area (Å²) in [7, 11) is 0. The standard InChI is InChI=1S/C42H43NO11.C2H6/c1-5-35(54-42(48)33-17-24-37(25-18-33)50-27-9-11-29-52-39(45)7-3)21-12-30(4)53-41(47)32-13-19-34(20-14-32)43-40(46)31-15-22-36(23-16-31)49-26-8-10-28-51-38(44)6-2;1-2/h5-7,12-25H,1-3,8-11,26-29H2,4H3,(H,43,46);1-2H3/b30-12+,35-21+;. The molecule has 0 unspecified atom stereocenters. The first-order chi connectivity index (χ1) is 27.1. The number of carbonyl (C=O) groups excluding carboxylic acids is 5. The quantitative estimate of drug-likeness (QED) is 0.0261. The van der Waals surface area contributed by atoms with E-state index in [0.29, 0.717) is 68.3 Å². The smallest absolute Gasteiger partial charge is 0.343 e. The summed E-state index contributed by atoms with van der Waals surface area (Å²) < 4.78 is 32.0. The number of nitrogens with one attached hydrogen (secondary N) is 1. The van der Waals surface area contributed by atoms with Crippen molar-refractivity contribution < 1.29 is 52.4 Å². The number of carbonyl (C=O) groups is 5. The van der Waals surface area contributed by atoms with Gasteiger partial charge in [0.1, 0.15) is 23.0 Å². The van der Waals surface area contributed by atoms with Crippen LogP contribution in [0.25, 0.3) is 0 Å². The average molecular weight is 768 g/mol. The van der Waals surface area contributed by atoms with Crippen LogP contribution in [0, 0.1) is 0 Å². The van der Waals surface area contributed by atoms with E-state index in [9.17, 15) is 24.0 Å². The van der Waals surface area contributed by atoms with Crippen molar-refractivity contribution in [2.45, 2.75) is 46.5 Å². The predicted molar refractivity (Wildman–Crippen MR) is 213 cm³/mol. The lowest BCUT2D eigenvalue weighted by Gasteiger charge is -2.09. The van der Waals surface area contributed by atoms with Gasteiger partial charge in [-0.15, -0.1) is 0 Å². The van der Waals surface area contributed by atoms with Crippen molar-refractivity contribution in [2.24, 2.45) is 0 Å². The fourth-order valence-electron chi connectivity index (χ4n) is 4.28. The molecule has 0 aromatic heterocycles. The van der Waals surface area contributed by atoms with Crippen LogP contribution in [0.2, 0.25) is 0 Å². The Morgan fingerprint density at radius 3 is 1.45 bits per heavy atom. The molecular formula is C44H49NO11. The van der Waals surface area contributed by atoms with Crippen LogP contribution in [0.3, 0.4) is 0 Å². The largest absolute Gasteiger partial charge is 0.494 e. The first-order valence-electron chi connectivity index (χ1n) is 18.0. The average Bonchev–Trinajstić information content (AvgIpc) is 3.22. The molecule has 0 spiro atoms. The van der Waals surface area contributed by atoms with Crippen LogP contribution in [-0.4, -0.2) is 56.2 Å². The highest BCUT2D eigenvalue weighted by molar-refractivity contribution is 6.04. The summed E-state index contributed by atoms with van der Waals surface area (Å²) in [5, 5.41) is 2.78. The molecule has 0 heterocycles. The summed E-state index contributed by atoms with van der Waals surface area (Å²) in [5.41, 5.74) is 1.43. The molecule has 1 amide bonds. The molecule has 0 atom stereocenters. The normalized spacial score (nSPS) is 10.7. The molecule has 0 aliphatic heterocycles. The van der Waals surface area contributed by atoms with E-state index < -0.39 is 23.9 Å². The maximum atomic E-state index is 12.7. The second kappa shape index (κ2) is 26.1. The summed E-state index contributed by atoms with van der Waals surface area (Å²) in [5.74, 6) is -0.971. The highest BCUT2D eigenvalue weighted by atomic mass is 16.5. The fourth-order valence-corrected chi connectivity index (χ4v) is 4.28. The number of amides is 1. The number of rotatable bonds is 22. The van der Waals surface area contributed by atoms with Gasteiger partial charge in [-0.25, -0.2) is 19.2 Å². The van der Waals surface area contributed by atoms with Gasteiger partial charge >= 0.3 is 23.9 Å². The zero-order valence-electron chi connectivity index (χ0n) is 32.1. The maximum absolute atomic E-state index is 12.7. The van der Waals surface area contributed by atoms with Gasteiger partial charge in [0.05, 0.1) is 37.6 Å². The van der Waals surface area contributed by atoms with Crippen molar-refractivity contribution >= 4 is 35.5 Å². The monoisotopic (exact) mass is 767 g/mol. The molecule has 0 fully saturated rings. The van der Waals surface area contributed by atoms with Gasteiger partial charge in [-0.2, -0.15) is 0 Å². The number of benzene rings is 3. The van der Waals surface area contributed by atoms with E-state index in [0.717, 1.165) is 12.2 Å². The SMILES string of the molecule is C=CC(=O)OCCCCOc1ccc(C(=O)Nc2ccc(C(=O)O/C(C)=C/C=C(\C=C)OC(=O)c3ccc(OCCCCOC(=O)C=C)cc3)cc2)cc1.CC. The minimum Gasteiger partial charge on any atom is -0.494 e. The summed E-state index contributed by atoms with van der Waals surface area (Å²) in [6, 6.07) is 19.3. The number of anilines is 1. The molecule has 0 aliphatic carbocycles. The second-order valence-electron chi connectivity index (χ2n) is 11.3. The molecule has 12 nitrogen and oxygen atoms in total. The van der Waals surface area contributed by atoms with Crippen molar-refractivity contribution in [3.63, 3.8) is 0 Å². The Labute approximate surface area is 328 Å². The summed E-state index contributed by atoms with van der Waals surface area (Å²) in [6.45, 7) is 17.3. The molecule has 3 aromatic rings. The number of ether oxygens (including phenoxy) is 6. The molecule has 0 radical (unpaired) electrons. The van der Waals surface area contributed by atoms with Crippen LogP contribution in [-0.2, 0) is 28.5 Å². The highest BCUT2D eigenvalue weighted by Crippen LogP contribution is 2.18. The summed E-state index contributed by atoms with van der Waals surface area (Å²) in [4.78, 5) is 60.2. The van der Waals surface area contributed by atoms with E-state index in [1.54, 1.807) is 67.6 Å². The number of hydrogen-bond acceptors (Lipinski definition) is 11. The van der Waals surface area contributed by atoms with Gasteiger partial charge in [0.25, 0.3) is 5.91 Å². The summed E-state index contributed by atoms with van der Waals surface area (Å²) in [6.07, 6.45) is 9.14. The van der Waals surface area contributed by atoms with Crippen LogP contribution in [0.15, 0.2) is 134 Å². The molecule has 0 saturated carbocycles. The minimum atomic E-state index is -0.626. The first-order valence-corrected chi connectivity index (χ1v) is 18.0. The number of allylic oxidation sites excluding steroid dienone is 4. The molecule has 3 rings (SSSR count). The third-order valence-corrected chi connectivity index (χ3v) is 7.17. The van der Waals surface area contributed by atoms with Crippen molar-refractivity contribution in [1.82, 2.24) is 0 Å². The zero-order chi connectivity index (χ0) is 41.1. The highest BCUT2D eigenvalue weighted by Gasteiger charge is 2.12. The Balaban J connectivity index is 0.00000532. The van der Waals surface area contributed by atoms with Gasteiger partial charge in [-0.1, -0.05) is 33.6 Å². The Morgan fingerprint density at radius 1 is 0.554 bits per heavy atom. The summed E-state index contributed by atoms with van der Waals surface area (Å²) >= 11 is 0. The molecule has 0 aliphatic rings. The van der Waals surface area contributed by atoms with Gasteiger partial charge in [0, 0.05) is 23.4 Å². The molecule has 12 heteroatoms. The van der Waals surface area contributed by atoms with Gasteiger partial charge in [0.2, 0.25) is 0 Å². The lowest BCUT2D eigenvalue weighted by atomic mass is 10.1. The molecule has 0 saturated heterocycles. The van der Waals surface area contributed by atoms with Gasteiger partial charge in [0.15, 0.2) is 0 Å². The van der Waals surface area contributed by atoms with E-state index in [1.165, 1.54) is 30.4 Å². The second-order valence-corrected chi connectivity index (χ2v) is 11.3. The predicted octanol–water partition coefficient (Wildman–Crippen LogP) is 8.73. The molecule has 56 heavy (non-hydrogen) atoms. The van der Waals surface area contributed by atoms with Gasteiger partial charge < -0.3 is 33.7 Å². The Hall–Kier alpha value is -6.69. The van der Waals surface area contributed by atoms with Crippen molar-refractivity contribution in [3.8, 4) is 11.5 Å². The third-order valence-electron chi connectivity index (χ3n) is 7.17. The lowest BCUT2D eigenvalue weighted by Crippen LogP contribution is -2.12. The topological polar surface area (TPSA) is 153 Å². The maximum Gasteiger partial charge on any atom is 0.343 e. The molecule has 3 aromatic carbocycles. The Morgan fingerprint density at radius 2 is 0.982 bits per heavy atom. The molecule has 0 bridgehead atoms. The van der Waals surface area contributed by atoms with Crippen LogP contribution in [0.1, 0.15) is 77.5 Å². The van der Waals surface area contributed by atoms with Crippen molar-refractivity contribution in [1.29, 1.82) is 0 Å². The zero-order valence-corrected chi connectivity index (χ0v) is 32.1. The lowest BCUT2D eigenvalue weighted by molar-refractivity contribution is -0.138. The van der Waals surface area contributed by atoms with Crippen LogP contribution < -0.4 is 14.8 Å². The van der Waals surface area contributed by atoms with Crippen molar-refractivity contribution in [3.05, 3.63) is 151 Å². The fraction of sp³-hybridized carbons (Fsp3) is 0.250. The van der Waals surface area contributed by atoms with Crippen LogP contribution in [0.4, 0.5) is 5.69 Å². The molecule has 296 valence electrons. The third kappa shape index (κ3) is 17.4. The van der Waals surface area contributed by atoms with E-state index in [-0.39, 0.29) is 35.2 Å². The number of hydrogen-bond donors (Lipinski definition) is 1. The first kappa shape index (κ1) is 45.5. The minimum absolute atomic E-state index is 0.135. The van der Waals surface area contributed by atoms with E-state index >= 15 is 0 Å². The molecular weight excluding hydrogens is 718 g/mol. The van der Waals surface area contributed by atoms with Crippen LogP contribution in [0.5, 0.6) is 11.5 Å². The number of unbranched alkanes of at least 4 members (excludes halogenated alkanes) is 2. The van der Waals surface area contributed by atoms with Crippen LogP contribution >= 0.6 is 0 Å². The van der Waals surface area contributed by atoms with Gasteiger partial charge in [-0.05, 0) is 124 Å². The van der Waals surface area contributed by atoms with E-state index in [4.69, 9.17) is 28.4 Å². The Bertz CT molecular complexity index is 1820. The molecule has 1 N–H and O–H groups in total. The van der Waals surface area contributed by atoms with Crippen molar-refractivity contribution in [2.75, 3.05) is 31.7 Å². The number of esters is 4. The van der Waals surface area contributed by atoms with Gasteiger partial charge in [-0.3, -0.25) is 4.79 Å². The van der Waals surface area contributed by atoms with E-state index in [1.807, 2.05) is 13.8 Å². The van der Waals surface area contributed by atoms with E-state index in [2.05, 4.69) is 25.1 Å².